The highest BCUT2D eigenvalue weighted by molar-refractivity contribution is 6.05. The third-order valence-corrected chi connectivity index (χ3v) is 6.18. The number of aromatic nitrogens is 1. The second-order valence-electron chi connectivity index (χ2n) is 8.93. The van der Waals surface area contributed by atoms with Gasteiger partial charge in [0.15, 0.2) is 0 Å². The van der Waals surface area contributed by atoms with Crippen LogP contribution in [0.15, 0.2) is 65.9 Å². The Morgan fingerprint density at radius 3 is 2.54 bits per heavy atom. The topological polar surface area (TPSA) is 105 Å². The van der Waals surface area contributed by atoms with Gasteiger partial charge in [0.25, 0.3) is 5.91 Å². The Morgan fingerprint density at radius 1 is 1.10 bits per heavy atom. The molecule has 1 unspecified atom stereocenters. The van der Waals surface area contributed by atoms with Crippen molar-refractivity contribution in [1.29, 1.82) is 0 Å². The van der Waals surface area contributed by atoms with Crippen LogP contribution in [0.5, 0.6) is 0 Å². The molecule has 3 aromatic rings. The highest BCUT2D eigenvalue weighted by Gasteiger charge is 2.41. The fraction of sp³-hybridized carbons (Fsp3) is 0.259. The van der Waals surface area contributed by atoms with Gasteiger partial charge in [0.05, 0.1) is 29.1 Å². The molecule has 0 spiro atoms. The normalized spacial score (nSPS) is 17.3. The van der Waals surface area contributed by atoms with Crippen molar-refractivity contribution in [2.45, 2.75) is 19.1 Å². The van der Waals surface area contributed by atoms with Crippen LogP contribution in [0.2, 0.25) is 0 Å². The van der Waals surface area contributed by atoms with Gasteiger partial charge in [0.2, 0.25) is 5.91 Å². The standard InChI is InChI=1S/C27H25F4N5O3/c1-32-21-10-18(13-33-14-21)24(37)35-15-26(8-9-39-16-26)25(38)34-12-17-2-5-20(6-3-17)36-23-7-4-19(28)11-22(23)27(29,30)31/h2-7,10-11,13-15,32,36H,8-9,12,16H2,1H3,(H,34,38). The maximum absolute atomic E-state index is 13.4. The van der Waals surface area contributed by atoms with Crippen molar-refractivity contribution in [3.05, 3.63) is 83.4 Å². The van der Waals surface area contributed by atoms with Gasteiger partial charge in [-0.15, -0.1) is 0 Å². The van der Waals surface area contributed by atoms with E-state index < -0.39 is 28.9 Å². The molecule has 0 bridgehead atoms. The Labute approximate surface area is 221 Å². The van der Waals surface area contributed by atoms with Crippen LogP contribution in [-0.2, 0) is 22.3 Å². The second-order valence-corrected chi connectivity index (χ2v) is 8.93. The van der Waals surface area contributed by atoms with E-state index in [1.54, 1.807) is 43.6 Å². The molecule has 8 nitrogen and oxygen atoms in total. The van der Waals surface area contributed by atoms with E-state index in [1.807, 2.05) is 0 Å². The van der Waals surface area contributed by atoms with E-state index in [4.69, 9.17) is 4.74 Å². The van der Waals surface area contributed by atoms with Gasteiger partial charge in [-0.25, -0.2) is 9.38 Å². The Balaban J connectivity index is 1.40. The maximum Gasteiger partial charge on any atom is 0.418 e. The number of nitrogens with zero attached hydrogens (tertiary/aromatic N) is 2. The summed E-state index contributed by atoms with van der Waals surface area (Å²) in [6.07, 6.45) is -0.122. The van der Waals surface area contributed by atoms with E-state index in [1.165, 1.54) is 12.4 Å². The number of carbonyl (C=O) groups is 2. The number of anilines is 3. The molecule has 0 saturated carbocycles. The smallest absolute Gasteiger partial charge is 0.387 e. The number of pyridine rings is 1. The minimum Gasteiger partial charge on any atom is -0.387 e. The number of ether oxygens (including phenoxy) is 1. The predicted octanol–water partition coefficient (Wildman–Crippen LogP) is 4.96. The second kappa shape index (κ2) is 11.6. The summed E-state index contributed by atoms with van der Waals surface area (Å²) < 4.78 is 58.5. The number of aliphatic imine (C=N–C) groups is 1. The molecular weight excluding hydrogens is 518 g/mol. The molecule has 1 fully saturated rings. The van der Waals surface area contributed by atoms with Crippen molar-refractivity contribution in [2.75, 3.05) is 30.9 Å². The van der Waals surface area contributed by atoms with Crippen LogP contribution >= 0.6 is 0 Å². The van der Waals surface area contributed by atoms with Crippen molar-refractivity contribution in [3.63, 3.8) is 0 Å². The van der Waals surface area contributed by atoms with Crippen molar-refractivity contribution >= 4 is 35.1 Å². The summed E-state index contributed by atoms with van der Waals surface area (Å²) in [5.41, 5.74) is -0.575. The zero-order valence-electron chi connectivity index (χ0n) is 20.8. The van der Waals surface area contributed by atoms with Gasteiger partial charge in [0, 0.05) is 44.5 Å². The average Bonchev–Trinajstić information content (AvgIpc) is 3.42. The van der Waals surface area contributed by atoms with Crippen molar-refractivity contribution in [1.82, 2.24) is 10.3 Å². The van der Waals surface area contributed by atoms with E-state index in [9.17, 15) is 27.2 Å². The molecule has 2 heterocycles. The lowest BCUT2D eigenvalue weighted by atomic mass is 9.87. The molecule has 204 valence electrons. The molecule has 1 atom stereocenters. The number of carbonyl (C=O) groups excluding carboxylic acids is 2. The average molecular weight is 544 g/mol. The Morgan fingerprint density at radius 2 is 1.87 bits per heavy atom. The SMILES string of the molecule is CNc1cncc(C(=O)N=CC2(C(=O)NCc3ccc(Nc4ccc(F)cc4C(F)(F)F)cc3)CCOC2)c1. The quantitative estimate of drug-likeness (QED) is 0.274. The first kappa shape index (κ1) is 27.7. The van der Waals surface area contributed by atoms with Gasteiger partial charge < -0.3 is 20.7 Å². The lowest BCUT2D eigenvalue weighted by Crippen LogP contribution is -2.42. The number of benzene rings is 2. The number of rotatable bonds is 8. The minimum absolute atomic E-state index is 0.0620. The monoisotopic (exact) mass is 543 g/mol. The summed E-state index contributed by atoms with van der Waals surface area (Å²) in [6, 6.07) is 10.4. The number of halogens is 4. The fourth-order valence-corrected chi connectivity index (χ4v) is 3.95. The van der Waals surface area contributed by atoms with Crippen LogP contribution in [0, 0.1) is 11.2 Å². The number of amides is 2. The number of hydrogen-bond donors (Lipinski definition) is 3. The van der Waals surface area contributed by atoms with E-state index in [0.717, 1.165) is 12.1 Å². The first-order valence-corrected chi connectivity index (χ1v) is 11.9. The summed E-state index contributed by atoms with van der Waals surface area (Å²) >= 11 is 0. The summed E-state index contributed by atoms with van der Waals surface area (Å²) in [5.74, 6) is -1.91. The largest absolute Gasteiger partial charge is 0.418 e. The van der Waals surface area contributed by atoms with Crippen molar-refractivity contribution < 1.29 is 31.9 Å². The fourth-order valence-electron chi connectivity index (χ4n) is 3.95. The molecule has 12 heteroatoms. The van der Waals surface area contributed by atoms with Gasteiger partial charge >= 0.3 is 6.18 Å². The van der Waals surface area contributed by atoms with E-state index in [-0.39, 0.29) is 30.3 Å². The van der Waals surface area contributed by atoms with Gasteiger partial charge in [0.1, 0.15) is 11.2 Å². The number of hydrogen-bond acceptors (Lipinski definition) is 6. The van der Waals surface area contributed by atoms with Gasteiger partial charge in [-0.2, -0.15) is 13.2 Å². The molecule has 1 aliphatic heterocycles. The van der Waals surface area contributed by atoms with Crippen LogP contribution in [-0.4, -0.2) is 43.3 Å². The molecular formula is C27H25F4N5O3. The molecule has 1 aromatic heterocycles. The first-order valence-electron chi connectivity index (χ1n) is 11.9. The summed E-state index contributed by atoms with van der Waals surface area (Å²) in [4.78, 5) is 33.6. The Bertz CT molecular complexity index is 1370. The highest BCUT2D eigenvalue weighted by atomic mass is 19.4. The zero-order valence-corrected chi connectivity index (χ0v) is 20.8. The van der Waals surface area contributed by atoms with Gasteiger partial charge in [-0.05, 0) is 48.4 Å². The molecule has 4 rings (SSSR count). The summed E-state index contributed by atoms with van der Waals surface area (Å²) in [6.45, 7) is 0.516. The van der Waals surface area contributed by atoms with Crippen LogP contribution in [0.3, 0.4) is 0 Å². The molecule has 1 aliphatic rings. The third kappa shape index (κ3) is 6.77. The summed E-state index contributed by atoms with van der Waals surface area (Å²) in [7, 11) is 1.70. The highest BCUT2D eigenvalue weighted by Crippen LogP contribution is 2.36. The first-order chi connectivity index (χ1) is 18.6. The Hall–Kier alpha value is -4.32. The molecule has 2 amide bonds. The predicted molar refractivity (Wildman–Crippen MR) is 137 cm³/mol. The molecule has 0 aliphatic carbocycles. The summed E-state index contributed by atoms with van der Waals surface area (Å²) in [5, 5.41) is 8.35. The lowest BCUT2D eigenvalue weighted by Gasteiger charge is -2.21. The van der Waals surface area contributed by atoms with E-state index in [0.29, 0.717) is 36.0 Å². The molecule has 39 heavy (non-hydrogen) atoms. The molecule has 3 N–H and O–H groups in total. The van der Waals surface area contributed by atoms with E-state index in [2.05, 4.69) is 25.9 Å². The number of nitrogens with one attached hydrogen (secondary N) is 3. The van der Waals surface area contributed by atoms with Crippen molar-refractivity contribution in [3.8, 4) is 0 Å². The zero-order chi connectivity index (χ0) is 28.0. The van der Waals surface area contributed by atoms with E-state index >= 15 is 0 Å². The molecule has 1 saturated heterocycles. The molecule has 2 aromatic carbocycles. The van der Waals surface area contributed by atoms with Crippen molar-refractivity contribution in [2.24, 2.45) is 10.4 Å². The van der Waals surface area contributed by atoms with Crippen LogP contribution in [0.25, 0.3) is 0 Å². The number of alkyl halides is 3. The molecule has 0 radical (unpaired) electrons. The van der Waals surface area contributed by atoms with Gasteiger partial charge in [-0.3, -0.25) is 14.6 Å². The lowest BCUT2D eigenvalue weighted by molar-refractivity contribution is -0.137. The van der Waals surface area contributed by atoms with Crippen LogP contribution in [0.4, 0.5) is 34.6 Å². The third-order valence-electron chi connectivity index (χ3n) is 6.18. The van der Waals surface area contributed by atoms with Crippen LogP contribution < -0.4 is 16.0 Å². The van der Waals surface area contributed by atoms with Crippen LogP contribution in [0.1, 0.15) is 27.9 Å². The Kier molecular flexibility index (Phi) is 8.24. The maximum atomic E-state index is 13.4. The van der Waals surface area contributed by atoms with Gasteiger partial charge in [-0.1, -0.05) is 12.1 Å². The minimum atomic E-state index is -4.73.